The molecule has 0 aliphatic heterocycles. The summed E-state index contributed by atoms with van der Waals surface area (Å²) in [5.41, 5.74) is 0.610. The van der Waals surface area contributed by atoms with Crippen LogP contribution in [0.5, 0.6) is 0 Å². The molecule has 1 fully saturated rings. The molecule has 1 aromatic rings. The van der Waals surface area contributed by atoms with E-state index in [1.807, 2.05) is 0 Å². The van der Waals surface area contributed by atoms with E-state index in [0.29, 0.717) is 18.0 Å². The molecular formula is C16H24FNO2. The monoisotopic (exact) mass is 281 g/mol. The number of aliphatic hydroxyl groups is 2. The quantitative estimate of drug-likeness (QED) is 0.702. The molecule has 20 heavy (non-hydrogen) atoms. The minimum Gasteiger partial charge on any atom is -0.393 e. The summed E-state index contributed by atoms with van der Waals surface area (Å²) < 4.78 is 13.0. The van der Waals surface area contributed by atoms with Gasteiger partial charge in [0.2, 0.25) is 0 Å². The Morgan fingerprint density at radius 2 is 2.00 bits per heavy atom. The Bertz CT molecular complexity index is 405. The highest BCUT2D eigenvalue weighted by atomic mass is 19.1. The van der Waals surface area contributed by atoms with Crippen molar-refractivity contribution in [3.05, 3.63) is 35.6 Å². The molecule has 1 aromatic carbocycles. The zero-order chi connectivity index (χ0) is 14.4. The molecule has 3 nitrogen and oxygen atoms in total. The molecule has 1 aliphatic rings. The van der Waals surface area contributed by atoms with E-state index in [1.54, 1.807) is 12.1 Å². The minimum atomic E-state index is -0.668. The molecular weight excluding hydrogens is 257 g/mol. The third-order valence-corrected chi connectivity index (χ3v) is 4.12. The molecule has 0 amide bonds. The number of nitrogens with one attached hydrogen (secondary N) is 1. The first kappa shape index (κ1) is 15.4. The van der Waals surface area contributed by atoms with E-state index in [2.05, 4.69) is 5.32 Å². The molecule has 0 spiro atoms. The molecule has 0 heterocycles. The Labute approximate surface area is 119 Å². The molecule has 3 N–H and O–H groups in total. The van der Waals surface area contributed by atoms with Crippen molar-refractivity contribution in [2.45, 2.75) is 44.3 Å². The Morgan fingerprint density at radius 1 is 1.25 bits per heavy atom. The van der Waals surface area contributed by atoms with Gasteiger partial charge in [0.05, 0.1) is 12.2 Å². The van der Waals surface area contributed by atoms with Crippen molar-refractivity contribution in [2.75, 3.05) is 13.1 Å². The van der Waals surface area contributed by atoms with Gasteiger partial charge >= 0.3 is 0 Å². The van der Waals surface area contributed by atoms with Crippen LogP contribution in [0.1, 0.15) is 43.8 Å². The van der Waals surface area contributed by atoms with Crippen LogP contribution in [0.3, 0.4) is 0 Å². The molecule has 0 bridgehead atoms. The largest absolute Gasteiger partial charge is 0.393 e. The summed E-state index contributed by atoms with van der Waals surface area (Å²) >= 11 is 0. The standard InChI is InChI=1S/C16H24FNO2/c17-14-3-1-2-13(10-14)16(20)11-18-9-8-12-4-6-15(19)7-5-12/h1-3,10,12,15-16,18-20H,4-9,11H2/t12?,15?,16-/m0/s1. The van der Waals surface area contributed by atoms with Gasteiger partial charge in [0, 0.05) is 6.54 Å². The van der Waals surface area contributed by atoms with E-state index in [4.69, 9.17) is 0 Å². The van der Waals surface area contributed by atoms with Gasteiger partial charge < -0.3 is 15.5 Å². The van der Waals surface area contributed by atoms with Crippen molar-refractivity contribution >= 4 is 0 Å². The van der Waals surface area contributed by atoms with E-state index in [1.165, 1.54) is 12.1 Å². The van der Waals surface area contributed by atoms with E-state index in [9.17, 15) is 14.6 Å². The van der Waals surface area contributed by atoms with Gasteiger partial charge in [-0.15, -0.1) is 0 Å². The van der Waals surface area contributed by atoms with Crippen LogP contribution in [0, 0.1) is 11.7 Å². The van der Waals surface area contributed by atoms with Crippen molar-refractivity contribution in [1.82, 2.24) is 5.32 Å². The maximum atomic E-state index is 13.0. The maximum absolute atomic E-state index is 13.0. The van der Waals surface area contributed by atoms with E-state index >= 15 is 0 Å². The van der Waals surface area contributed by atoms with Crippen LogP contribution >= 0.6 is 0 Å². The lowest BCUT2D eigenvalue weighted by molar-refractivity contribution is 0.106. The van der Waals surface area contributed by atoms with Crippen LogP contribution in [-0.2, 0) is 0 Å². The van der Waals surface area contributed by atoms with Crippen LogP contribution in [0.15, 0.2) is 24.3 Å². The first-order valence-electron chi connectivity index (χ1n) is 7.47. The number of benzene rings is 1. The highest BCUT2D eigenvalue weighted by Gasteiger charge is 2.18. The first-order chi connectivity index (χ1) is 9.65. The zero-order valence-corrected chi connectivity index (χ0v) is 11.8. The number of halogens is 1. The zero-order valence-electron chi connectivity index (χ0n) is 11.8. The lowest BCUT2D eigenvalue weighted by Gasteiger charge is -2.25. The molecule has 0 unspecified atom stereocenters. The van der Waals surface area contributed by atoms with Gasteiger partial charge in [-0.25, -0.2) is 4.39 Å². The topological polar surface area (TPSA) is 52.5 Å². The van der Waals surface area contributed by atoms with Gasteiger partial charge in [-0.05, 0) is 62.3 Å². The number of hydrogen-bond acceptors (Lipinski definition) is 3. The van der Waals surface area contributed by atoms with Crippen LogP contribution < -0.4 is 5.32 Å². The predicted octanol–water partition coefficient (Wildman–Crippen LogP) is 2.39. The van der Waals surface area contributed by atoms with Gasteiger partial charge in [-0.1, -0.05) is 12.1 Å². The molecule has 0 saturated heterocycles. The fourth-order valence-electron chi connectivity index (χ4n) is 2.81. The highest BCUT2D eigenvalue weighted by Crippen LogP contribution is 2.26. The highest BCUT2D eigenvalue weighted by molar-refractivity contribution is 5.18. The third-order valence-electron chi connectivity index (χ3n) is 4.12. The average Bonchev–Trinajstić information content (AvgIpc) is 2.45. The molecule has 1 atom stereocenters. The normalized spacial score (nSPS) is 24.6. The molecule has 0 radical (unpaired) electrons. The summed E-state index contributed by atoms with van der Waals surface area (Å²) in [5.74, 6) is 0.361. The van der Waals surface area contributed by atoms with Gasteiger partial charge in [-0.3, -0.25) is 0 Å². The minimum absolute atomic E-state index is 0.103. The van der Waals surface area contributed by atoms with E-state index < -0.39 is 6.10 Å². The van der Waals surface area contributed by atoms with Gasteiger partial charge in [0.15, 0.2) is 0 Å². The lowest BCUT2D eigenvalue weighted by atomic mass is 9.85. The van der Waals surface area contributed by atoms with Crippen molar-refractivity contribution in [3.63, 3.8) is 0 Å². The summed E-state index contributed by atoms with van der Waals surface area (Å²) in [7, 11) is 0. The predicted molar refractivity (Wildman–Crippen MR) is 76.8 cm³/mol. The smallest absolute Gasteiger partial charge is 0.123 e. The second-order valence-electron chi connectivity index (χ2n) is 5.74. The maximum Gasteiger partial charge on any atom is 0.123 e. The number of rotatable bonds is 6. The molecule has 1 aliphatic carbocycles. The summed E-state index contributed by atoms with van der Waals surface area (Å²) in [6, 6.07) is 6.09. The fourth-order valence-corrected chi connectivity index (χ4v) is 2.81. The third kappa shape index (κ3) is 4.85. The number of hydrogen-bond donors (Lipinski definition) is 3. The van der Waals surface area contributed by atoms with Gasteiger partial charge in [0.1, 0.15) is 5.82 Å². The summed E-state index contributed by atoms with van der Waals surface area (Å²) in [6.45, 7) is 1.30. The van der Waals surface area contributed by atoms with Crippen LogP contribution in [0.25, 0.3) is 0 Å². The Morgan fingerprint density at radius 3 is 2.70 bits per heavy atom. The van der Waals surface area contributed by atoms with Crippen molar-refractivity contribution in [3.8, 4) is 0 Å². The summed E-state index contributed by atoms with van der Waals surface area (Å²) in [5, 5.41) is 22.6. The fraction of sp³-hybridized carbons (Fsp3) is 0.625. The SMILES string of the molecule is OC1CCC(CCNC[C@H](O)c2cccc(F)c2)CC1. The second-order valence-corrected chi connectivity index (χ2v) is 5.74. The van der Waals surface area contributed by atoms with E-state index in [-0.39, 0.29) is 11.9 Å². The Kier molecular flexibility index (Phi) is 5.95. The van der Waals surface area contributed by atoms with Crippen molar-refractivity contribution in [1.29, 1.82) is 0 Å². The molecule has 112 valence electrons. The van der Waals surface area contributed by atoms with Gasteiger partial charge in [0.25, 0.3) is 0 Å². The molecule has 0 aromatic heterocycles. The van der Waals surface area contributed by atoms with Crippen LogP contribution in [0.2, 0.25) is 0 Å². The van der Waals surface area contributed by atoms with Crippen LogP contribution in [-0.4, -0.2) is 29.4 Å². The number of aliphatic hydroxyl groups excluding tert-OH is 2. The summed E-state index contributed by atoms with van der Waals surface area (Å²) in [6.07, 6.45) is 4.31. The van der Waals surface area contributed by atoms with Crippen molar-refractivity contribution in [2.24, 2.45) is 5.92 Å². The second kappa shape index (κ2) is 7.72. The van der Waals surface area contributed by atoms with Gasteiger partial charge in [-0.2, -0.15) is 0 Å². The average molecular weight is 281 g/mol. The Hall–Kier alpha value is -0.970. The molecule has 2 rings (SSSR count). The molecule has 1 saturated carbocycles. The van der Waals surface area contributed by atoms with Crippen molar-refractivity contribution < 1.29 is 14.6 Å². The summed E-state index contributed by atoms with van der Waals surface area (Å²) in [4.78, 5) is 0. The van der Waals surface area contributed by atoms with Crippen LogP contribution in [0.4, 0.5) is 4.39 Å². The first-order valence-corrected chi connectivity index (χ1v) is 7.47. The lowest BCUT2D eigenvalue weighted by Crippen LogP contribution is -2.26. The molecule has 4 heteroatoms. The Balaban J connectivity index is 1.63. The van der Waals surface area contributed by atoms with E-state index in [0.717, 1.165) is 38.6 Å².